The molecule has 10 rings (SSSR count). The van der Waals surface area contributed by atoms with Crippen molar-refractivity contribution < 1.29 is 39.0 Å². The summed E-state index contributed by atoms with van der Waals surface area (Å²) >= 11 is 0. The van der Waals surface area contributed by atoms with Gasteiger partial charge in [-0.1, -0.05) is 84.3 Å². The van der Waals surface area contributed by atoms with E-state index in [0.29, 0.717) is 17.1 Å². The van der Waals surface area contributed by atoms with Gasteiger partial charge in [0.25, 0.3) is 0 Å². The molecule has 9 heteroatoms. The summed E-state index contributed by atoms with van der Waals surface area (Å²) in [6.45, 7) is 28.0. The Labute approximate surface area is 436 Å². The zero-order valence-electron chi connectivity index (χ0n) is 42.8. The van der Waals surface area contributed by atoms with E-state index in [0.717, 1.165) is 84.8 Å². The van der Waals surface area contributed by atoms with E-state index in [2.05, 4.69) is 183 Å². The molecule has 0 aliphatic carbocycles. The van der Waals surface area contributed by atoms with Crippen molar-refractivity contribution in [1.82, 2.24) is 9.55 Å². The van der Waals surface area contributed by atoms with Gasteiger partial charge < -0.3 is 19.1 Å². The molecule has 0 radical (unpaired) electrons. The number of nitrogens with zero attached hydrogens (tertiary/aromatic N) is 4. The number of anilines is 4. The van der Waals surface area contributed by atoms with Gasteiger partial charge in [-0.15, -0.1) is 53.6 Å². The number of pyridine rings is 1. The predicted molar refractivity (Wildman–Crippen MR) is 286 cm³/mol. The molecule has 2 aromatic heterocycles. The van der Waals surface area contributed by atoms with Crippen molar-refractivity contribution in [2.45, 2.75) is 100 Å². The Hall–Kier alpha value is -6.63. The Morgan fingerprint density at radius 1 is 0.597 bits per heavy atom. The number of halogens is 3. The van der Waals surface area contributed by atoms with Gasteiger partial charge in [-0.25, -0.2) is 18.2 Å². The SMILES string of the molecule is Cc1c(C)c(C)c(-c2cc(Oc3[c-]c4c(cc3)c3ccccc3n4-c3cc(C(C)(C)C)ccn3)[c-]c(N3[CH-]N(c4c(C(C)C)cc(-c5c(F)cc(F)cc5F)cc4C(C)C)c4ccccc43)c2)c(C)c1C.[Pt]. The quantitative estimate of drug-likeness (QED) is 0.135. The molecule has 3 heterocycles. The topological polar surface area (TPSA) is 33.5 Å². The van der Waals surface area contributed by atoms with Crippen LogP contribution >= 0.6 is 0 Å². The van der Waals surface area contributed by atoms with Crippen molar-refractivity contribution in [3.63, 3.8) is 0 Å². The van der Waals surface area contributed by atoms with Gasteiger partial charge in [0.05, 0.1) is 5.56 Å². The third kappa shape index (κ3) is 8.70. The molecular weight excluding hydrogens is 1080 g/mol. The molecule has 0 bridgehead atoms. The van der Waals surface area contributed by atoms with Crippen LogP contribution in [-0.4, -0.2) is 9.55 Å². The van der Waals surface area contributed by atoms with E-state index in [1.807, 2.05) is 36.5 Å². The van der Waals surface area contributed by atoms with Crippen LogP contribution in [0.25, 0.3) is 49.9 Å². The van der Waals surface area contributed by atoms with Gasteiger partial charge in [-0.2, -0.15) is 6.07 Å². The second-order valence-electron chi connectivity index (χ2n) is 20.7. The monoisotopic (exact) mass is 1140 g/mol. The van der Waals surface area contributed by atoms with Gasteiger partial charge in [0.15, 0.2) is 0 Å². The molecule has 0 saturated carbocycles. The van der Waals surface area contributed by atoms with Crippen molar-refractivity contribution in [2.75, 3.05) is 9.80 Å². The van der Waals surface area contributed by atoms with E-state index >= 15 is 8.78 Å². The van der Waals surface area contributed by atoms with Crippen LogP contribution in [0, 0.1) is 70.9 Å². The number of para-hydroxylation sites is 3. The van der Waals surface area contributed by atoms with Crippen molar-refractivity contribution in [3.05, 3.63) is 196 Å². The maximum absolute atomic E-state index is 15.5. The number of ether oxygens (including phenoxy) is 1. The van der Waals surface area contributed by atoms with E-state index < -0.39 is 17.5 Å². The van der Waals surface area contributed by atoms with Crippen LogP contribution in [0.2, 0.25) is 0 Å². The average molecular weight is 1140 g/mol. The summed E-state index contributed by atoms with van der Waals surface area (Å²) in [5.74, 6) is -1.09. The molecule has 0 fully saturated rings. The van der Waals surface area contributed by atoms with Gasteiger partial charge >= 0.3 is 0 Å². The maximum Gasteiger partial charge on any atom is 0.136 e. The molecule has 0 atom stereocenters. The van der Waals surface area contributed by atoms with Crippen molar-refractivity contribution in [3.8, 4) is 39.6 Å². The summed E-state index contributed by atoms with van der Waals surface area (Å²) in [6, 6.07) is 41.7. The summed E-state index contributed by atoms with van der Waals surface area (Å²) in [4.78, 5) is 9.22. The minimum absolute atomic E-state index is 0. The second kappa shape index (κ2) is 19.1. The molecule has 0 saturated heterocycles. The van der Waals surface area contributed by atoms with Gasteiger partial charge in [-0.05, 0) is 155 Å². The van der Waals surface area contributed by atoms with Crippen LogP contribution in [0.1, 0.15) is 105 Å². The van der Waals surface area contributed by atoms with Gasteiger partial charge in [0.1, 0.15) is 23.3 Å². The first-order valence-electron chi connectivity index (χ1n) is 24.4. The fraction of sp³-hybridized carbons (Fsp3) is 0.238. The zero-order valence-corrected chi connectivity index (χ0v) is 45.1. The summed E-state index contributed by atoms with van der Waals surface area (Å²) in [5, 5.41) is 2.13. The Morgan fingerprint density at radius 2 is 1.18 bits per heavy atom. The summed E-state index contributed by atoms with van der Waals surface area (Å²) in [5.41, 5.74) is 16.7. The standard InChI is InChI=1S/C63H58F3N4O.Pt/c1-35(2)51-27-43(61-53(65)30-45(64)31-54(61)66)28-52(36(3)4)62(51)69-34-68(56-19-15-16-20-57(56)69)46-25-42(60-40(8)38(6)37(5)39(7)41(60)9)26-48(32-46)71-47-21-22-50-49-17-13-14-18-55(49)70(58(50)33-47)59-29-44(23-24-67-59)63(10,11)12;/h13-31,34-36H,1-12H3;/q-3;. The van der Waals surface area contributed by atoms with E-state index in [9.17, 15) is 4.39 Å². The van der Waals surface area contributed by atoms with E-state index in [-0.39, 0.29) is 43.9 Å². The Bertz CT molecular complexity index is 3520. The molecule has 0 N–H and O–H groups in total. The molecule has 1 aliphatic heterocycles. The molecule has 0 spiro atoms. The minimum Gasteiger partial charge on any atom is -0.509 e. The van der Waals surface area contributed by atoms with Crippen LogP contribution < -0.4 is 14.5 Å². The first-order chi connectivity index (χ1) is 33.8. The zero-order chi connectivity index (χ0) is 50.4. The Kier molecular flexibility index (Phi) is 13.3. The summed E-state index contributed by atoms with van der Waals surface area (Å²) < 4.78 is 54.2. The third-order valence-electron chi connectivity index (χ3n) is 14.6. The van der Waals surface area contributed by atoms with Crippen molar-refractivity contribution in [2.24, 2.45) is 0 Å². The second-order valence-corrected chi connectivity index (χ2v) is 20.7. The molecule has 0 unspecified atom stereocenters. The van der Waals surface area contributed by atoms with Gasteiger partial charge in [-0.3, -0.25) is 0 Å². The van der Waals surface area contributed by atoms with Crippen molar-refractivity contribution in [1.29, 1.82) is 0 Å². The minimum atomic E-state index is -0.956. The maximum atomic E-state index is 15.5. The molecule has 9 aromatic rings. The van der Waals surface area contributed by atoms with Crippen LogP contribution in [0.15, 0.2) is 115 Å². The number of aromatic nitrogens is 2. The third-order valence-corrected chi connectivity index (χ3v) is 14.6. The first kappa shape index (κ1) is 50.3. The molecule has 7 aromatic carbocycles. The molecule has 72 heavy (non-hydrogen) atoms. The normalized spacial score (nSPS) is 12.7. The van der Waals surface area contributed by atoms with Crippen LogP contribution in [0.5, 0.6) is 11.5 Å². The van der Waals surface area contributed by atoms with E-state index in [1.165, 1.54) is 33.4 Å². The number of hydrogen-bond donors (Lipinski definition) is 0. The number of benzene rings is 7. The fourth-order valence-corrected chi connectivity index (χ4v) is 10.4. The average Bonchev–Trinajstić information content (AvgIpc) is 3.88. The number of rotatable bonds is 9. The van der Waals surface area contributed by atoms with Crippen LogP contribution in [0.4, 0.5) is 35.9 Å². The summed E-state index contributed by atoms with van der Waals surface area (Å²) in [6.07, 6.45) is 1.88. The molecule has 0 amide bonds. The fourth-order valence-electron chi connectivity index (χ4n) is 10.4. The number of hydrogen-bond acceptors (Lipinski definition) is 4. The molecule has 5 nitrogen and oxygen atoms in total. The largest absolute Gasteiger partial charge is 0.509 e. The van der Waals surface area contributed by atoms with Gasteiger partial charge in [0, 0.05) is 73.5 Å². The molecule has 370 valence electrons. The molecular formula is C63H58F3N4OPt-3. The summed E-state index contributed by atoms with van der Waals surface area (Å²) in [7, 11) is 0. The Morgan fingerprint density at radius 3 is 1.81 bits per heavy atom. The Balaban J connectivity index is 0.00000640. The van der Waals surface area contributed by atoms with Gasteiger partial charge in [0.2, 0.25) is 0 Å². The molecule has 1 aliphatic rings. The smallest absolute Gasteiger partial charge is 0.136 e. The van der Waals surface area contributed by atoms with Crippen LogP contribution in [0.3, 0.4) is 0 Å². The number of fused-ring (bicyclic) bond motifs is 4. The van der Waals surface area contributed by atoms with Crippen LogP contribution in [-0.2, 0) is 26.5 Å². The van der Waals surface area contributed by atoms with Crippen molar-refractivity contribution >= 4 is 44.6 Å². The van der Waals surface area contributed by atoms with E-state index in [1.54, 1.807) is 0 Å². The predicted octanol–water partition coefficient (Wildman–Crippen LogP) is 17.8. The van der Waals surface area contributed by atoms with E-state index in [4.69, 9.17) is 9.72 Å². The first-order valence-corrected chi connectivity index (χ1v) is 24.4.